The van der Waals surface area contributed by atoms with Crippen molar-refractivity contribution in [3.05, 3.63) is 57.2 Å². The lowest BCUT2D eigenvalue weighted by Gasteiger charge is -2.10. The summed E-state index contributed by atoms with van der Waals surface area (Å²) in [5.41, 5.74) is 7.31. The molecule has 0 unspecified atom stereocenters. The molecule has 4 heteroatoms. The molecule has 0 radical (unpaired) electrons. The largest absolute Gasteiger partial charge is 0.496 e. The third kappa shape index (κ3) is 2.48. The van der Waals surface area contributed by atoms with Gasteiger partial charge in [-0.3, -0.25) is 4.79 Å². The van der Waals surface area contributed by atoms with Gasteiger partial charge in [-0.2, -0.15) is 0 Å². The second kappa shape index (κ2) is 5.39. The number of methoxy groups -OCH3 is 1. The predicted octanol–water partition coefficient (Wildman–Crippen LogP) is 3.11. The van der Waals surface area contributed by atoms with Crippen LogP contribution in [0.5, 0.6) is 5.75 Å². The minimum Gasteiger partial charge on any atom is -0.496 e. The number of ether oxygens (including phenoxy) is 1. The maximum absolute atomic E-state index is 12.4. The van der Waals surface area contributed by atoms with E-state index in [1.165, 1.54) is 7.11 Å². The van der Waals surface area contributed by atoms with Crippen LogP contribution in [0, 0.1) is 3.57 Å². The standard InChI is InChI=1S/C14H12INO2/c1-18-12-4-2-3-11(16)13(12)14(17)9-5-7-10(15)8-6-9/h2-8H,16H2,1H3. The molecule has 0 bridgehead atoms. The van der Waals surface area contributed by atoms with E-state index in [4.69, 9.17) is 10.5 Å². The van der Waals surface area contributed by atoms with Crippen molar-refractivity contribution >= 4 is 34.1 Å². The van der Waals surface area contributed by atoms with E-state index in [0.29, 0.717) is 22.6 Å². The van der Waals surface area contributed by atoms with E-state index in [-0.39, 0.29) is 5.78 Å². The van der Waals surface area contributed by atoms with E-state index in [1.54, 1.807) is 30.3 Å². The molecule has 0 amide bonds. The molecule has 2 rings (SSSR count). The van der Waals surface area contributed by atoms with E-state index >= 15 is 0 Å². The second-order valence-electron chi connectivity index (χ2n) is 3.76. The summed E-state index contributed by atoms with van der Waals surface area (Å²) in [6.07, 6.45) is 0. The lowest BCUT2D eigenvalue weighted by Crippen LogP contribution is -2.07. The zero-order valence-corrected chi connectivity index (χ0v) is 12.0. The van der Waals surface area contributed by atoms with Crippen LogP contribution in [0.3, 0.4) is 0 Å². The summed E-state index contributed by atoms with van der Waals surface area (Å²) in [6, 6.07) is 12.5. The number of anilines is 1. The summed E-state index contributed by atoms with van der Waals surface area (Å²) in [4.78, 5) is 12.4. The Morgan fingerprint density at radius 2 is 1.83 bits per heavy atom. The van der Waals surface area contributed by atoms with E-state index in [2.05, 4.69) is 22.6 Å². The molecule has 2 N–H and O–H groups in total. The molecule has 92 valence electrons. The Hall–Kier alpha value is -1.56. The van der Waals surface area contributed by atoms with Crippen molar-refractivity contribution in [3.63, 3.8) is 0 Å². The number of carbonyl (C=O) groups excluding carboxylic acids is 1. The Bertz CT molecular complexity index is 579. The van der Waals surface area contributed by atoms with Gasteiger partial charge >= 0.3 is 0 Å². The number of hydrogen-bond donors (Lipinski definition) is 1. The van der Waals surface area contributed by atoms with E-state index in [9.17, 15) is 4.79 Å². The summed E-state index contributed by atoms with van der Waals surface area (Å²) in [5.74, 6) is 0.375. The van der Waals surface area contributed by atoms with Crippen molar-refractivity contribution in [1.82, 2.24) is 0 Å². The van der Waals surface area contributed by atoms with Crippen LogP contribution in [0.2, 0.25) is 0 Å². The first-order valence-corrected chi connectivity index (χ1v) is 6.44. The molecule has 3 nitrogen and oxygen atoms in total. The molecule has 0 saturated carbocycles. The summed E-state index contributed by atoms with van der Waals surface area (Å²) < 4.78 is 6.27. The SMILES string of the molecule is COc1cccc(N)c1C(=O)c1ccc(I)cc1. The zero-order valence-electron chi connectivity index (χ0n) is 9.81. The van der Waals surface area contributed by atoms with Gasteiger partial charge in [0.25, 0.3) is 0 Å². The molecule has 18 heavy (non-hydrogen) atoms. The van der Waals surface area contributed by atoms with Crippen LogP contribution >= 0.6 is 22.6 Å². The Labute approximate surface area is 119 Å². The highest BCUT2D eigenvalue weighted by atomic mass is 127. The predicted molar refractivity (Wildman–Crippen MR) is 80.0 cm³/mol. The average molecular weight is 353 g/mol. The van der Waals surface area contributed by atoms with Crippen molar-refractivity contribution in [1.29, 1.82) is 0 Å². The van der Waals surface area contributed by atoms with Crippen LogP contribution in [0.25, 0.3) is 0 Å². The molecule has 2 aromatic rings. The average Bonchev–Trinajstić information content (AvgIpc) is 2.38. The molecule has 0 fully saturated rings. The summed E-state index contributed by atoms with van der Waals surface area (Å²) in [5, 5.41) is 0. The van der Waals surface area contributed by atoms with Crippen molar-refractivity contribution in [2.45, 2.75) is 0 Å². The number of ketones is 1. The lowest BCUT2D eigenvalue weighted by molar-refractivity contribution is 0.103. The highest BCUT2D eigenvalue weighted by Gasteiger charge is 2.17. The molecule has 0 aromatic heterocycles. The fraction of sp³-hybridized carbons (Fsp3) is 0.0714. The third-order valence-corrected chi connectivity index (χ3v) is 3.33. The highest BCUT2D eigenvalue weighted by molar-refractivity contribution is 14.1. The summed E-state index contributed by atoms with van der Waals surface area (Å²) >= 11 is 2.19. The van der Waals surface area contributed by atoms with Gasteiger partial charge in [-0.1, -0.05) is 6.07 Å². The molecule has 0 heterocycles. The van der Waals surface area contributed by atoms with Gasteiger partial charge in [0.05, 0.1) is 12.7 Å². The number of nitrogens with two attached hydrogens (primary N) is 1. The molecule has 0 aliphatic carbocycles. The van der Waals surface area contributed by atoms with Crippen LogP contribution in [0.15, 0.2) is 42.5 Å². The van der Waals surface area contributed by atoms with Crippen LogP contribution in [-0.2, 0) is 0 Å². The van der Waals surface area contributed by atoms with Gasteiger partial charge < -0.3 is 10.5 Å². The van der Waals surface area contributed by atoms with Crippen molar-refractivity contribution in [2.24, 2.45) is 0 Å². The number of carbonyl (C=O) groups is 1. The Kier molecular flexibility index (Phi) is 3.86. The van der Waals surface area contributed by atoms with Crippen LogP contribution in [0.1, 0.15) is 15.9 Å². The summed E-state index contributed by atoms with van der Waals surface area (Å²) in [6.45, 7) is 0. The van der Waals surface area contributed by atoms with E-state index < -0.39 is 0 Å². The Morgan fingerprint density at radius 1 is 1.17 bits per heavy atom. The van der Waals surface area contributed by atoms with Gasteiger partial charge in [-0.15, -0.1) is 0 Å². The Morgan fingerprint density at radius 3 is 2.44 bits per heavy atom. The number of hydrogen-bond acceptors (Lipinski definition) is 3. The third-order valence-electron chi connectivity index (χ3n) is 2.61. The molecule has 2 aromatic carbocycles. The number of rotatable bonds is 3. The van der Waals surface area contributed by atoms with Crippen LogP contribution < -0.4 is 10.5 Å². The summed E-state index contributed by atoms with van der Waals surface area (Å²) in [7, 11) is 1.53. The van der Waals surface area contributed by atoms with Gasteiger partial charge in [0.2, 0.25) is 0 Å². The minimum absolute atomic E-state index is 0.124. The molecule has 0 saturated heterocycles. The molecular weight excluding hydrogens is 341 g/mol. The van der Waals surface area contributed by atoms with Crippen molar-refractivity contribution < 1.29 is 9.53 Å². The normalized spacial score (nSPS) is 10.1. The molecular formula is C14H12INO2. The second-order valence-corrected chi connectivity index (χ2v) is 5.01. The quantitative estimate of drug-likeness (QED) is 0.524. The van der Waals surface area contributed by atoms with Crippen molar-refractivity contribution in [3.8, 4) is 5.75 Å². The number of benzene rings is 2. The highest BCUT2D eigenvalue weighted by Crippen LogP contribution is 2.27. The fourth-order valence-electron chi connectivity index (χ4n) is 1.71. The minimum atomic E-state index is -0.124. The first kappa shape index (κ1) is 12.9. The first-order valence-electron chi connectivity index (χ1n) is 5.36. The maximum Gasteiger partial charge on any atom is 0.198 e. The maximum atomic E-state index is 12.4. The van der Waals surface area contributed by atoms with Gasteiger partial charge in [-0.05, 0) is 59.0 Å². The van der Waals surface area contributed by atoms with Gasteiger partial charge in [-0.25, -0.2) is 0 Å². The molecule has 0 aliphatic heterocycles. The number of nitrogen functional groups attached to an aromatic ring is 1. The van der Waals surface area contributed by atoms with Gasteiger partial charge in [0.15, 0.2) is 5.78 Å². The van der Waals surface area contributed by atoms with Gasteiger partial charge in [0.1, 0.15) is 5.75 Å². The monoisotopic (exact) mass is 353 g/mol. The number of halogens is 1. The topological polar surface area (TPSA) is 52.3 Å². The Balaban J connectivity index is 2.49. The zero-order chi connectivity index (χ0) is 13.1. The smallest absolute Gasteiger partial charge is 0.198 e. The fourth-order valence-corrected chi connectivity index (χ4v) is 2.07. The van der Waals surface area contributed by atoms with Crippen molar-refractivity contribution in [2.75, 3.05) is 12.8 Å². The molecule has 0 atom stereocenters. The van der Waals surface area contributed by atoms with Crippen LogP contribution in [0.4, 0.5) is 5.69 Å². The van der Waals surface area contributed by atoms with Crippen LogP contribution in [-0.4, -0.2) is 12.9 Å². The molecule has 0 aliphatic rings. The first-order chi connectivity index (χ1) is 8.63. The van der Waals surface area contributed by atoms with E-state index in [0.717, 1.165) is 3.57 Å². The van der Waals surface area contributed by atoms with E-state index in [1.807, 2.05) is 12.1 Å². The molecule has 0 spiro atoms. The van der Waals surface area contributed by atoms with Gasteiger partial charge in [0, 0.05) is 14.8 Å². The lowest BCUT2D eigenvalue weighted by atomic mass is 10.0.